The van der Waals surface area contributed by atoms with Crippen molar-refractivity contribution in [2.45, 2.75) is 19.8 Å². The number of nitrogens with zero attached hydrogens (tertiary/aromatic N) is 4. The van der Waals surface area contributed by atoms with Gasteiger partial charge in [0.15, 0.2) is 11.6 Å². The fourth-order valence-corrected chi connectivity index (χ4v) is 2.30. The van der Waals surface area contributed by atoms with Gasteiger partial charge in [-0.2, -0.15) is 4.68 Å². The number of esters is 1. The Hall–Kier alpha value is -1.58. The molecule has 20 heavy (non-hydrogen) atoms. The van der Waals surface area contributed by atoms with Gasteiger partial charge in [-0.15, -0.1) is 5.10 Å². The molecule has 0 spiro atoms. The van der Waals surface area contributed by atoms with Crippen LogP contribution in [0.3, 0.4) is 0 Å². The minimum Gasteiger partial charge on any atom is -0.465 e. The molecule has 0 aliphatic rings. The maximum atomic E-state index is 14.0. The highest BCUT2D eigenvalue weighted by molar-refractivity contribution is 14.1. The van der Waals surface area contributed by atoms with Crippen LogP contribution >= 0.6 is 22.6 Å². The van der Waals surface area contributed by atoms with E-state index in [1.807, 2.05) is 36.4 Å². The highest BCUT2D eigenvalue weighted by atomic mass is 127. The van der Waals surface area contributed by atoms with E-state index in [1.54, 1.807) is 6.07 Å². The van der Waals surface area contributed by atoms with Gasteiger partial charge in [0.2, 0.25) is 0 Å². The summed E-state index contributed by atoms with van der Waals surface area (Å²) in [4.78, 5) is 11.6. The predicted molar refractivity (Wildman–Crippen MR) is 77.3 cm³/mol. The van der Waals surface area contributed by atoms with Crippen LogP contribution in [0.1, 0.15) is 35.9 Å². The molecule has 0 N–H and O–H groups in total. The van der Waals surface area contributed by atoms with Crippen LogP contribution in [0.15, 0.2) is 12.1 Å². The van der Waals surface area contributed by atoms with Crippen molar-refractivity contribution in [3.05, 3.63) is 32.9 Å². The molecule has 0 atom stereocenters. The quantitative estimate of drug-likeness (QED) is 0.595. The molecule has 2 aromatic rings. The molecule has 8 heteroatoms. The summed E-state index contributed by atoms with van der Waals surface area (Å²) in [7, 11) is 1.21. The molecule has 2 rings (SSSR count). The lowest BCUT2D eigenvalue weighted by Crippen LogP contribution is -2.10. The maximum absolute atomic E-state index is 14.0. The van der Waals surface area contributed by atoms with Crippen LogP contribution in [0.2, 0.25) is 0 Å². The lowest BCUT2D eigenvalue weighted by molar-refractivity contribution is 0.0595. The van der Waals surface area contributed by atoms with Crippen molar-refractivity contribution in [2.75, 3.05) is 7.11 Å². The molecular weight excluding hydrogens is 378 g/mol. The van der Waals surface area contributed by atoms with Gasteiger partial charge in [0.1, 0.15) is 0 Å². The zero-order valence-corrected chi connectivity index (χ0v) is 13.3. The highest BCUT2D eigenvalue weighted by Crippen LogP contribution is 2.23. The predicted octanol–water partition coefficient (Wildman–Crippen LogP) is 2.32. The zero-order valence-electron chi connectivity index (χ0n) is 11.1. The monoisotopic (exact) mass is 390 g/mol. The van der Waals surface area contributed by atoms with Gasteiger partial charge in [0.05, 0.1) is 21.9 Å². The fourth-order valence-electron chi connectivity index (χ4n) is 1.69. The van der Waals surface area contributed by atoms with Crippen LogP contribution in [0.25, 0.3) is 5.69 Å². The molecule has 6 nitrogen and oxygen atoms in total. The van der Waals surface area contributed by atoms with Crippen molar-refractivity contribution in [1.29, 1.82) is 0 Å². The lowest BCUT2D eigenvalue weighted by Gasteiger charge is -2.10. The third-order valence-corrected chi connectivity index (χ3v) is 3.46. The first kappa shape index (κ1) is 14.8. The van der Waals surface area contributed by atoms with Crippen LogP contribution in [-0.2, 0) is 4.74 Å². The van der Waals surface area contributed by atoms with E-state index in [0.29, 0.717) is 15.1 Å². The standard InChI is InChI=1S/C12H12FIN4O2/c1-6(2)11-15-16-17-18(11)7-4-8(12(19)20-3)10(13)9(14)5-7/h4-6H,1-3H3. The minimum atomic E-state index is -0.735. The molecule has 0 saturated heterocycles. The molecule has 1 aromatic carbocycles. The Labute approximate surface area is 128 Å². The Morgan fingerprint density at radius 1 is 1.45 bits per heavy atom. The van der Waals surface area contributed by atoms with E-state index in [1.165, 1.54) is 17.9 Å². The van der Waals surface area contributed by atoms with E-state index in [-0.39, 0.29) is 11.5 Å². The van der Waals surface area contributed by atoms with Gasteiger partial charge in [-0.25, -0.2) is 9.18 Å². The Bertz CT molecular complexity index is 657. The van der Waals surface area contributed by atoms with Crippen LogP contribution < -0.4 is 0 Å². The number of rotatable bonds is 3. The topological polar surface area (TPSA) is 69.9 Å². The van der Waals surface area contributed by atoms with Crippen LogP contribution in [0.5, 0.6) is 0 Å². The first-order chi connectivity index (χ1) is 9.45. The molecule has 106 valence electrons. The van der Waals surface area contributed by atoms with Gasteiger partial charge in [0.25, 0.3) is 0 Å². The third-order valence-electron chi connectivity index (χ3n) is 2.67. The van der Waals surface area contributed by atoms with Gasteiger partial charge in [-0.05, 0) is 45.2 Å². The number of carbonyl (C=O) groups is 1. The second-order valence-electron chi connectivity index (χ2n) is 4.38. The molecule has 1 aromatic heterocycles. The molecule has 0 saturated carbocycles. The van der Waals surface area contributed by atoms with Crippen LogP contribution in [0, 0.1) is 9.39 Å². The van der Waals surface area contributed by atoms with Crippen LogP contribution in [0.4, 0.5) is 4.39 Å². The van der Waals surface area contributed by atoms with Crippen molar-refractivity contribution in [2.24, 2.45) is 0 Å². The Balaban J connectivity index is 2.61. The number of hydrogen-bond acceptors (Lipinski definition) is 5. The van der Waals surface area contributed by atoms with E-state index >= 15 is 0 Å². The van der Waals surface area contributed by atoms with Gasteiger partial charge < -0.3 is 4.74 Å². The van der Waals surface area contributed by atoms with E-state index in [4.69, 9.17) is 0 Å². The van der Waals surface area contributed by atoms with Crippen LogP contribution in [-0.4, -0.2) is 33.3 Å². The second-order valence-corrected chi connectivity index (χ2v) is 5.55. The molecule has 0 radical (unpaired) electrons. The average Bonchev–Trinajstić information content (AvgIpc) is 2.90. The maximum Gasteiger partial charge on any atom is 0.340 e. The molecular formula is C12H12FIN4O2. The van der Waals surface area contributed by atoms with Crippen molar-refractivity contribution in [3.63, 3.8) is 0 Å². The van der Waals surface area contributed by atoms with Crippen molar-refractivity contribution >= 4 is 28.6 Å². The fraction of sp³-hybridized carbons (Fsp3) is 0.333. The van der Waals surface area contributed by atoms with Crippen molar-refractivity contribution in [3.8, 4) is 5.69 Å². The molecule has 0 unspecified atom stereocenters. The SMILES string of the molecule is COC(=O)c1cc(-n2nnnc2C(C)C)cc(I)c1F. The summed E-state index contributed by atoms with van der Waals surface area (Å²) in [6.45, 7) is 3.88. The third kappa shape index (κ3) is 2.65. The van der Waals surface area contributed by atoms with Gasteiger partial charge in [-0.1, -0.05) is 13.8 Å². The van der Waals surface area contributed by atoms with E-state index in [0.717, 1.165) is 0 Å². The number of benzene rings is 1. The second kappa shape index (κ2) is 5.81. The smallest absolute Gasteiger partial charge is 0.340 e. The van der Waals surface area contributed by atoms with E-state index in [2.05, 4.69) is 20.3 Å². The summed E-state index contributed by atoms with van der Waals surface area (Å²) < 4.78 is 20.3. The summed E-state index contributed by atoms with van der Waals surface area (Å²) in [5, 5.41) is 11.4. The summed E-state index contributed by atoms with van der Waals surface area (Å²) >= 11 is 1.81. The number of ether oxygens (including phenoxy) is 1. The number of methoxy groups -OCH3 is 1. The first-order valence-electron chi connectivity index (χ1n) is 5.81. The number of halogens is 2. The van der Waals surface area contributed by atoms with Gasteiger partial charge in [0, 0.05) is 5.92 Å². The first-order valence-corrected chi connectivity index (χ1v) is 6.89. The van der Waals surface area contributed by atoms with Gasteiger partial charge >= 0.3 is 5.97 Å². The Morgan fingerprint density at radius 3 is 2.75 bits per heavy atom. The summed E-state index contributed by atoms with van der Waals surface area (Å²) in [6, 6.07) is 2.95. The van der Waals surface area contributed by atoms with E-state index < -0.39 is 11.8 Å². The minimum absolute atomic E-state index is 0.0919. The number of hydrogen-bond donors (Lipinski definition) is 0. The zero-order chi connectivity index (χ0) is 14.9. The summed E-state index contributed by atoms with van der Waals surface area (Å²) in [5.74, 6) is -0.626. The normalized spacial score (nSPS) is 10.9. The van der Waals surface area contributed by atoms with E-state index in [9.17, 15) is 9.18 Å². The lowest BCUT2D eigenvalue weighted by atomic mass is 10.1. The highest BCUT2D eigenvalue weighted by Gasteiger charge is 2.19. The summed E-state index contributed by atoms with van der Waals surface area (Å²) in [6.07, 6.45) is 0. The number of carbonyl (C=O) groups excluding carboxylic acids is 1. The largest absolute Gasteiger partial charge is 0.465 e. The molecule has 0 bridgehead atoms. The molecule has 0 fully saturated rings. The Kier molecular flexibility index (Phi) is 4.31. The van der Waals surface area contributed by atoms with Crippen molar-refractivity contribution < 1.29 is 13.9 Å². The van der Waals surface area contributed by atoms with Gasteiger partial charge in [-0.3, -0.25) is 0 Å². The number of aromatic nitrogens is 4. The molecule has 1 heterocycles. The van der Waals surface area contributed by atoms with Crippen molar-refractivity contribution in [1.82, 2.24) is 20.2 Å². The summed E-state index contributed by atoms with van der Waals surface area (Å²) in [5.41, 5.74) is 0.379. The molecule has 0 aliphatic heterocycles. The molecule has 0 amide bonds. The molecule has 0 aliphatic carbocycles. The Morgan fingerprint density at radius 2 is 2.15 bits per heavy atom. The average molecular weight is 390 g/mol. The number of tetrazole rings is 1.